The van der Waals surface area contributed by atoms with Crippen LogP contribution < -0.4 is 11.1 Å². The van der Waals surface area contributed by atoms with Crippen LogP contribution >= 0.6 is 0 Å². The fourth-order valence-corrected chi connectivity index (χ4v) is 4.26. The Bertz CT molecular complexity index is 1040. The van der Waals surface area contributed by atoms with E-state index in [0.29, 0.717) is 0 Å². The highest BCUT2D eigenvalue weighted by molar-refractivity contribution is 5.47. The number of anilines is 2. The first kappa shape index (κ1) is 21.9. The van der Waals surface area contributed by atoms with Crippen LogP contribution in [0, 0.1) is 0 Å². The number of aliphatic hydroxyl groups excluding tert-OH is 2. The Morgan fingerprint density at radius 2 is 1.48 bits per heavy atom. The maximum Gasteiger partial charge on any atom is 0.184 e. The highest BCUT2D eigenvalue weighted by atomic mass is 16.7. The van der Waals surface area contributed by atoms with Crippen molar-refractivity contribution in [2.45, 2.75) is 43.4 Å². The first-order valence-electron chi connectivity index (χ1n) is 11.1. The van der Waals surface area contributed by atoms with Gasteiger partial charge >= 0.3 is 0 Å². The summed E-state index contributed by atoms with van der Waals surface area (Å²) in [4.78, 5) is 0. The second kappa shape index (κ2) is 9.51. The zero-order valence-corrected chi connectivity index (χ0v) is 18.1. The monoisotopic (exact) mass is 448 g/mol. The Kier molecular flexibility index (Phi) is 6.30. The third-order valence-electron chi connectivity index (χ3n) is 6.10. The number of aliphatic hydroxyl groups is 2. The molecule has 0 spiro atoms. The Morgan fingerprint density at radius 1 is 0.818 bits per heavy atom. The maximum absolute atomic E-state index is 10.8. The Hall–Kier alpha value is -2.94. The van der Waals surface area contributed by atoms with Crippen molar-refractivity contribution in [2.75, 3.05) is 17.7 Å². The molecule has 2 aliphatic rings. The van der Waals surface area contributed by atoms with Gasteiger partial charge in [-0.25, -0.2) is 0 Å². The number of nitrogens with two attached hydrogens (primary N) is 1. The third-order valence-corrected chi connectivity index (χ3v) is 6.10. The minimum absolute atomic E-state index is 0.257. The molecule has 5 rings (SSSR count). The number of hydrogen-bond acceptors (Lipinski definition) is 7. The van der Waals surface area contributed by atoms with Crippen molar-refractivity contribution in [1.82, 2.24) is 0 Å². The Balaban J connectivity index is 1.21. The molecule has 3 aromatic carbocycles. The smallest absolute Gasteiger partial charge is 0.184 e. The van der Waals surface area contributed by atoms with Crippen LogP contribution in [0.4, 0.5) is 11.4 Å². The molecule has 172 valence electrons. The summed E-state index contributed by atoms with van der Waals surface area (Å²) < 4.78 is 17.8. The van der Waals surface area contributed by atoms with Crippen LogP contribution in [0.5, 0.6) is 0 Å². The predicted molar refractivity (Wildman–Crippen MR) is 124 cm³/mol. The molecule has 6 atom stereocenters. The van der Waals surface area contributed by atoms with Gasteiger partial charge in [-0.2, -0.15) is 0 Å². The van der Waals surface area contributed by atoms with Crippen molar-refractivity contribution in [1.29, 1.82) is 0 Å². The van der Waals surface area contributed by atoms with Crippen molar-refractivity contribution in [2.24, 2.45) is 0 Å². The zero-order valence-electron chi connectivity index (χ0n) is 18.1. The fraction of sp³-hybridized carbons (Fsp3) is 0.308. The molecule has 0 aliphatic carbocycles. The van der Waals surface area contributed by atoms with E-state index in [1.54, 1.807) is 0 Å². The predicted octanol–water partition coefficient (Wildman–Crippen LogP) is 2.83. The molecular weight excluding hydrogens is 420 g/mol. The van der Waals surface area contributed by atoms with Crippen LogP contribution in [0.2, 0.25) is 0 Å². The van der Waals surface area contributed by atoms with E-state index in [2.05, 4.69) is 5.32 Å². The molecule has 0 radical (unpaired) electrons. The number of nitrogen functional groups attached to an aromatic ring is 1. The van der Waals surface area contributed by atoms with Crippen LogP contribution in [-0.4, -0.2) is 47.5 Å². The van der Waals surface area contributed by atoms with Gasteiger partial charge in [-0.3, -0.25) is 0 Å². The van der Waals surface area contributed by atoms with Crippen LogP contribution in [0.1, 0.15) is 23.0 Å². The molecule has 2 fully saturated rings. The minimum Gasteiger partial charge on any atom is -0.399 e. The van der Waals surface area contributed by atoms with Gasteiger partial charge in [0.15, 0.2) is 12.5 Å². The van der Waals surface area contributed by atoms with Crippen LogP contribution in [0.3, 0.4) is 0 Å². The molecule has 7 heteroatoms. The molecular formula is C26H28N2O5. The van der Waals surface area contributed by atoms with Crippen LogP contribution in [0.25, 0.3) is 0 Å². The molecule has 5 N–H and O–H groups in total. The number of rotatable bonds is 5. The first-order valence-corrected chi connectivity index (χ1v) is 11.1. The number of ether oxygens (including phenoxy) is 3. The number of nitrogens with one attached hydrogen (secondary N) is 1. The highest BCUT2D eigenvalue weighted by Gasteiger charge is 2.48. The lowest BCUT2D eigenvalue weighted by Crippen LogP contribution is -2.63. The minimum atomic E-state index is -1.16. The summed E-state index contributed by atoms with van der Waals surface area (Å²) >= 11 is 0. The summed E-state index contributed by atoms with van der Waals surface area (Å²) in [6.45, 7) is 0.257. The molecule has 2 saturated heterocycles. The lowest BCUT2D eigenvalue weighted by atomic mass is 9.96. The number of benzene rings is 3. The fourth-order valence-electron chi connectivity index (χ4n) is 4.26. The molecule has 3 aromatic rings. The summed E-state index contributed by atoms with van der Waals surface area (Å²) in [5.41, 5.74) is 10.5. The van der Waals surface area contributed by atoms with Crippen molar-refractivity contribution >= 4 is 11.4 Å². The van der Waals surface area contributed by atoms with Gasteiger partial charge in [0, 0.05) is 16.9 Å². The van der Waals surface area contributed by atoms with E-state index in [-0.39, 0.29) is 6.61 Å². The second-order valence-corrected chi connectivity index (χ2v) is 8.51. The normalized spacial score (nSPS) is 29.3. The van der Waals surface area contributed by atoms with Gasteiger partial charge in [-0.1, -0.05) is 54.6 Å². The number of hydrogen-bond donors (Lipinski definition) is 4. The van der Waals surface area contributed by atoms with E-state index in [0.717, 1.165) is 28.9 Å². The van der Waals surface area contributed by atoms with Gasteiger partial charge in [0.1, 0.15) is 24.4 Å². The first-order chi connectivity index (χ1) is 16.1. The van der Waals surface area contributed by atoms with Crippen LogP contribution in [-0.2, 0) is 20.6 Å². The molecule has 0 bridgehead atoms. The summed E-state index contributed by atoms with van der Waals surface area (Å²) in [5.74, 6) is 0. The van der Waals surface area contributed by atoms with E-state index in [1.165, 1.54) is 5.56 Å². The van der Waals surface area contributed by atoms with E-state index >= 15 is 0 Å². The Morgan fingerprint density at radius 3 is 2.18 bits per heavy atom. The average Bonchev–Trinajstić information content (AvgIpc) is 2.85. The highest BCUT2D eigenvalue weighted by Crippen LogP contribution is 2.34. The van der Waals surface area contributed by atoms with E-state index in [1.807, 2.05) is 78.9 Å². The topological polar surface area (TPSA) is 106 Å². The largest absolute Gasteiger partial charge is 0.399 e. The van der Waals surface area contributed by atoms with Gasteiger partial charge in [0.05, 0.1) is 6.61 Å². The van der Waals surface area contributed by atoms with Gasteiger partial charge in [0.2, 0.25) is 0 Å². The average molecular weight is 449 g/mol. The molecule has 0 aromatic heterocycles. The molecule has 0 amide bonds. The summed E-state index contributed by atoms with van der Waals surface area (Å²) in [5, 5.41) is 24.6. The Labute approximate surface area is 192 Å². The molecule has 1 unspecified atom stereocenters. The second-order valence-electron chi connectivity index (χ2n) is 8.51. The molecule has 7 nitrogen and oxygen atoms in total. The third kappa shape index (κ3) is 4.88. The molecule has 2 heterocycles. The van der Waals surface area contributed by atoms with Crippen molar-refractivity contribution < 1.29 is 24.4 Å². The van der Waals surface area contributed by atoms with Crippen molar-refractivity contribution in [3.63, 3.8) is 0 Å². The molecule has 0 saturated carbocycles. The van der Waals surface area contributed by atoms with Gasteiger partial charge in [-0.05, 0) is 41.8 Å². The quantitative estimate of drug-likeness (QED) is 0.445. The van der Waals surface area contributed by atoms with E-state index in [4.69, 9.17) is 19.9 Å². The van der Waals surface area contributed by atoms with Crippen molar-refractivity contribution in [3.8, 4) is 0 Å². The maximum atomic E-state index is 10.8. The lowest BCUT2D eigenvalue weighted by molar-refractivity contribution is -0.325. The SMILES string of the molecule is Nc1ccc(Cc2ccc(N[C@@H]3O[C@@H]4COC(c5ccccc5)O[C@H]4[C@H](O)[C@H]3O)cc2)cc1. The van der Waals surface area contributed by atoms with Gasteiger partial charge in [-0.15, -0.1) is 0 Å². The van der Waals surface area contributed by atoms with Gasteiger partial charge < -0.3 is 35.5 Å². The number of fused-ring (bicyclic) bond motifs is 1. The lowest BCUT2D eigenvalue weighted by Gasteiger charge is -2.46. The molecule has 33 heavy (non-hydrogen) atoms. The standard InChI is InChI=1S/C26H28N2O5/c27-19-10-6-16(7-11-19)14-17-8-12-20(13-9-17)28-25-23(30)22(29)24-21(32-25)15-31-26(33-24)18-4-2-1-3-5-18/h1-13,21-26,28-30H,14-15,27H2/t21-,22-,23-,24-,25-,26?/m1/s1. The van der Waals surface area contributed by atoms with Crippen LogP contribution in [0.15, 0.2) is 78.9 Å². The summed E-state index contributed by atoms with van der Waals surface area (Å²) in [6, 6.07) is 25.2. The summed E-state index contributed by atoms with van der Waals surface area (Å²) in [7, 11) is 0. The molecule has 2 aliphatic heterocycles. The van der Waals surface area contributed by atoms with Crippen molar-refractivity contribution in [3.05, 3.63) is 95.6 Å². The summed E-state index contributed by atoms with van der Waals surface area (Å²) in [6.07, 6.45) is -4.04. The van der Waals surface area contributed by atoms with Gasteiger partial charge in [0.25, 0.3) is 0 Å². The zero-order chi connectivity index (χ0) is 22.8. The van der Waals surface area contributed by atoms with E-state index < -0.39 is 36.9 Å². The van der Waals surface area contributed by atoms with E-state index in [9.17, 15) is 10.2 Å².